The van der Waals surface area contributed by atoms with Crippen molar-refractivity contribution < 1.29 is 22.7 Å². The second-order valence-corrected chi connectivity index (χ2v) is 5.81. The predicted molar refractivity (Wildman–Crippen MR) is 84.1 cm³/mol. The summed E-state index contributed by atoms with van der Waals surface area (Å²) in [5.74, 6) is -0.750. The summed E-state index contributed by atoms with van der Waals surface area (Å²) in [5, 5.41) is 14.1. The number of carbonyl (C=O) groups is 1. The van der Waals surface area contributed by atoms with Crippen molar-refractivity contribution in [3.05, 3.63) is 29.6 Å². The van der Waals surface area contributed by atoms with Gasteiger partial charge in [0.2, 0.25) is 5.88 Å². The molecule has 0 radical (unpaired) electrons. The van der Waals surface area contributed by atoms with E-state index in [-0.39, 0.29) is 17.7 Å². The molecule has 0 saturated carbocycles. The number of amides is 1. The second-order valence-electron chi connectivity index (χ2n) is 5.81. The minimum Gasteiger partial charge on any atom is -0.480 e. The van der Waals surface area contributed by atoms with Gasteiger partial charge >= 0.3 is 6.18 Å². The van der Waals surface area contributed by atoms with Gasteiger partial charge in [0, 0.05) is 25.7 Å². The van der Waals surface area contributed by atoms with Crippen LogP contribution in [0.5, 0.6) is 5.88 Å². The van der Waals surface area contributed by atoms with Gasteiger partial charge in [0.05, 0.1) is 18.9 Å². The Morgan fingerprint density at radius 1 is 1.38 bits per heavy atom. The number of hydrogen-bond donors (Lipinski definition) is 1. The van der Waals surface area contributed by atoms with Crippen LogP contribution in [0.4, 0.5) is 13.2 Å². The van der Waals surface area contributed by atoms with Gasteiger partial charge in [-0.15, -0.1) is 10.2 Å². The van der Waals surface area contributed by atoms with E-state index in [1.807, 2.05) is 0 Å². The summed E-state index contributed by atoms with van der Waals surface area (Å²) < 4.78 is 46.4. The van der Waals surface area contributed by atoms with Gasteiger partial charge in [-0.2, -0.15) is 18.3 Å². The molecule has 0 aliphatic carbocycles. The number of halogens is 3. The predicted octanol–water partition coefficient (Wildman–Crippen LogP) is 1.12. The fourth-order valence-corrected chi connectivity index (χ4v) is 2.81. The van der Waals surface area contributed by atoms with Crippen LogP contribution in [0.2, 0.25) is 0 Å². The van der Waals surface area contributed by atoms with Gasteiger partial charge < -0.3 is 15.0 Å². The summed E-state index contributed by atoms with van der Waals surface area (Å²) in [6, 6.07) is 2.49. The number of alkyl halides is 3. The lowest BCUT2D eigenvalue weighted by Gasteiger charge is -2.24. The van der Waals surface area contributed by atoms with Crippen molar-refractivity contribution in [3.8, 4) is 11.7 Å². The number of hydrogen-bond acceptors (Lipinski definition) is 6. The van der Waals surface area contributed by atoms with E-state index >= 15 is 0 Å². The minimum atomic E-state index is -4.79. The number of methoxy groups -OCH3 is 1. The highest BCUT2D eigenvalue weighted by Crippen LogP contribution is 2.34. The number of nitrogens with zero attached hydrogens (tertiary/aromatic N) is 5. The van der Waals surface area contributed by atoms with Crippen molar-refractivity contribution in [2.24, 2.45) is 0 Å². The zero-order chi connectivity index (χ0) is 18.9. The summed E-state index contributed by atoms with van der Waals surface area (Å²) >= 11 is 0. The molecule has 3 heterocycles. The zero-order valence-corrected chi connectivity index (χ0v) is 14.1. The van der Waals surface area contributed by atoms with E-state index in [0.717, 1.165) is 12.7 Å². The van der Waals surface area contributed by atoms with Crippen LogP contribution in [0.1, 0.15) is 22.5 Å². The maximum absolute atomic E-state index is 13.7. The van der Waals surface area contributed by atoms with E-state index in [1.165, 1.54) is 31.2 Å². The molecule has 0 spiro atoms. The third-order valence-corrected chi connectivity index (χ3v) is 4.22. The number of nitrogens with one attached hydrogen (secondary N) is 1. The summed E-state index contributed by atoms with van der Waals surface area (Å²) in [5.41, 5.74) is -1.70. The van der Waals surface area contributed by atoms with Crippen LogP contribution in [-0.2, 0) is 6.18 Å². The molecule has 1 saturated heterocycles. The molecule has 2 aromatic rings. The van der Waals surface area contributed by atoms with Gasteiger partial charge in [-0.25, -0.2) is 4.68 Å². The Balaban J connectivity index is 2.00. The Morgan fingerprint density at radius 2 is 2.15 bits per heavy atom. The molecule has 8 nitrogen and oxygen atoms in total. The molecule has 0 bridgehead atoms. The molecule has 1 N–H and O–H groups in total. The van der Waals surface area contributed by atoms with E-state index in [4.69, 9.17) is 4.74 Å². The number of rotatable bonds is 4. The fraction of sp³-hybridized carbons (Fsp3) is 0.467. The van der Waals surface area contributed by atoms with Gasteiger partial charge in [0.1, 0.15) is 0 Å². The fourth-order valence-electron chi connectivity index (χ4n) is 2.81. The summed E-state index contributed by atoms with van der Waals surface area (Å²) in [7, 11) is 2.86. The Bertz CT molecular complexity index is 784. The van der Waals surface area contributed by atoms with Gasteiger partial charge in [-0.1, -0.05) is 0 Å². The van der Waals surface area contributed by atoms with Gasteiger partial charge in [0.25, 0.3) is 5.91 Å². The molecule has 1 atom stereocenters. The van der Waals surface area contributed by atoms with Crippen LogP contribution in [0, 0.1) is 0 Å². The first kappa shape index (κ1) is 18.1. The first-order valence-electron chi connectivity index (χ1n) is 7.84. The third kappa shape index (κ3) is 3.34. The Hall–Kier alpha value is -2.69. The maximum Gasteiger partial charge on any atom is 0.434 e. The van der Waals surface area contributed by atoms with E-state index in [2.05, 4.69) is 20.6 Å². The van der Waals surface area contributed by atoms with Crippen LogP contribution >= 0.6 is 0 Å². The molecule has 1 fully saturated rings. The summed E-state index contributed by atoms with van der Waals surface area (Å²) in [6.07, 6.45) is -3.20. The van der Waals surface area contributed by atoms with Crippen LogP contribution in [0.3, 0.4) is 0 Å². The molecule has 26 heavy (non-hydrogen) atoms. The first-order chi connectivity index (χ1) is 12.3. The molecular weight excluding hydrogens is 353 g/mol. The molecule has 0 aromatic carbocycles. The zero-order valence-electron chi connectivity index (χ0n) is 14.1. The highest BCUT2D eigenvalue weighted by Gasteiger charge is 2.42. The third-order valence-electron chi connectivity index (χ3n) is 4.22. The first-order valence-corrected chi connectivity index (χ1v) is 7.84. The standard InChI is InChI=1S/C15H17F3N6O2/c1-23(9-5-6-19-7-9)14(25)10-8-20-24(13(10)15(16,17)18)11-3-4-12(26-2)22-21-11/h3-4,8-9,19H,5-7H2,1-2H3. The normalized spacial score (nSPS) is 17.3. The largest absolute Gasteiger partial charge is 0.480 e. The Morgan fingerprint density at radius 3 is 2.69 bits per heavy atom. The van der Waals surface area contributed by atoms with Crippen molar-refractivity contribution in [1.29, 1.82) is 0 Å². The van der Waals surface area contributed by atoms with E-state index < -0.39 is 23.3 Å². The van der Waals surface area contributed by atoms with Crippen LogP contribution in [-0.4, -0.2) is 64.1 Å². The van der Waals surface area contributed by atoms with Crippen LogP contribution in [0.15, 0.2) is 18.3 Å². The SMILES string of the molecule is COc1ccc(-n2ncc(C(=O)N(C)C3CCNC3)c2C(F)(F)F)nn1. The smallest absolute Gasteiger partial charge is 0.434 e. The lowest BCUT2D eigenvalue weighted by atomic mass is 10.1. The molecule has 1 amide bonds. The molecule has 140 valence electrons. The van der Waals surface area contributed by atoms with Crippen molar-refractivity contribution in [1.82, 2.24) is 30.2 Å². The van der Waals surface area contributed by atoms with Crippen molar-refractivity contribution in [2.45, 2.75) is 18.6 Å². The molecule has 3 rings (SSSR count). The maximum atomic E-state index is 13.7. The molecular formula is C15H17F3N6O2. The molecule has 1 aliphatic heterocycles. The number of carbonyl (C=O) groups excluding carboxylic acids is 1. The lowest BCUT2D eigenvalue weighted by molar-refractivity contribution is -0.143. The lowest BCUT2D eigenvalue weighted by Crippen LogP contribution is -2.39. The number of likely N-dealkylation sites (N-methyl/N-ethyl adjacent to an activating group) is 1. The quantitative estimate of drug-likeness (QED) is 0.868. The Labute approximate surface area is 146 Å². The molecule has 1 unspecified atom stereocenters. The summed E-state index contributed by atoms with van der Waals surface area (Å²) in [6.45, 7) is 1.26. The highest BCUT2D eigenvalue weighted by molar-refractivity contribution is 5.95. The molecule has 11 heteroatoms. The van der Waals surface area contributed by atoms with Gasteiger partial charge in [-0.3, -0.25) is 4.79 Å². The van der Waals surface area contributed by atoms with Crippen LogP contribution in [0.25, 0.3) is 5.82 Å². The monoisotopic (exact) mass is 370 g/mol. The Kier molecular flexibility index (Phi) is 4.81. The number of aromatic nitrogens is 4. The van der Waals surface area contributed by atoms with E-state index in [9.17, 15) is 18.0 Å². The van der Waals surface area contributed by atoms with Crippen molar-refractivity contribution in [3.63, 3.8) is 0 Å². The number of ether oxygens (including phenoxy) is 1. The highest BCUT2D eigenvalue weighted by atomic mass is 19.4. The van der Waals surface area contributed by atoms with E-state index in [0.29, 0.717) is 17.6 Å². The average Bonchev–Trinajstić information content (AvgIpc) is 3.29. The minimum absolute atomic E-state index is 0.152. The molecule has 2 aromatic heterocycles. The molecule has 1 aliphatic rings. The van der Waals surface area contributed by atoms with Crippen molar-refractivity contribution in [2.75, 3.05) is 27.2 Å². The second kappa shape index (κ2) is 6.90. The van der Waals surface area contributed by atoms with Gasteiger partial charge in [-0.05, 0) is 19.0 Å². The average molecular weight is 370 g/mol. The van der Waals surface area contributed by atoms with Gasteiger partial charge in [0.15, 0.2) is 11.5 Å². The van der Waals surface area contributed by atoms with Crippen molar-refractivity contribution >= 4 is 5.91 Å². The topological polar surface area (TPSA) is 85.2 Å². The summed E-state index contributed by atoms with van der Waals surface area (Å²) in [4.78, 5) is 13.9. The van der Waals surface area contributed by atoms with E-state index in [1.54, 1.807) is 0 Å². The van der Waals surface area contributed by atoms with Crippen LogP contribution < -0.4 is 10.1 Å².